The van der Waals surface area contributed by atoms with Gasteiger partial charge in [0.2, 0.25) is 0 Å². The molecule has 1 unspecified atom stereocenters. The molecule has 1 heterocycles. The number of fused-ring (bicyclic) bond motifs is 2. The maximum Gasteiger partial charge on any atom is 0.263 e. The van der Waals surface area contributed by atoms with Gasteiger partial charge in [-0.3, -0.25) is 0 Å². The molecule has 2 aliphatic carbocycles. The van der Waals surface area contributed by atoms with E-state index in [0.29, 0.717) is 0 Å². The minimum Gasteiger partial charge on any atom is -0.459 e. The van der Waals surface area contributed by atoms with Gasteiger partial charge in [0.1, 0.15) is 11.9 Å². The fourth-order valence-corrected chi connectivity index (χ4v) is 1.69. The Kier molecular flexibility index (Phi) is 1.67. The molecule has 0 aromatic rings. The van der Waals surface area contributed by atoms with E-state index in [2.05, 4.69) is 18.2 Å². The summed E-state index contributed by atoms with van der Waals surface area (Å²) >= 11 is 0. The van der Waals surface area contributed by atoms with Crippen LogP contribution in [0.15, 0.2) is 59.4 Å². The zero-order valence-corrected chi connectivity index (χ0v) is 7.51. The zero-order valence-electron chi connectivity index (χ0n) is 7.51. The molecule has 2 heteroatoms. The summed E-state index contributed by atoms with van der Waals surface area (Å²) in [5, 5.41) is 0. The van der Waals surface area contributed by atoms with Crippen molar-refractivity contribution in [3.63, 3.8) is 0 Å². The van der Waals surface area contributed by atoms with Crippen molar-refractivity contribution >= 4 is 0 Å². The van der Waals surface area contributed by atoms with Gasteiger partial charge in [-0.2, -0.15) is 0 Å². The summed E-state index contributed by atoms with van der Waals surface area (Å²) in [6.07, 6.45) is 14.2. The van der Waals surface area contributed by atoms with Gasteiger partial charge in [-0.05, 0) is 23.3 Å². The lowest BCUT2D eigenvalue weighted by Gasteiger charge is -2.13. The Morgan fingerprint density at radius 1 is 1.07 bits per heavy atom. The quantitative estimate of drug-likeness (QED) is 0.577. The SMILES string of the molecule is [CH]1OC2=CC3=CC=CC=CC3=CC2O1. The van der Waals surface area contributed by atoms with Gasteiger partial charge >= 0.3 is 0 Å². The second kappa shape index (κ2) is 3.00. The van der Waals surface area contributed by atoms with Crippen LogP contribution in [0.2, 0.25) is 0 Å². The van der Waals surface area contributed by atoms with Crippen molar-refractivity contribution in [1.29, 1.82) is 0 Å². The first-order valence-electron chi connectivity index (χ1n) is 4.56. The van der Waals surface area contributed by atoms with Gasteiger partial charge in [0.05, 0.1) is 0 Å². The van der Waals surface area contributed by atoms with Crippen LogP contribution >= 0.6 is 0 Å². The van der Waals surface area contributed by atoms with Crippen LogP contribution in [0, 0.1) is 6.79 Å². The van der Waals surface area contributed by atoms with Gasteiger partial charge in [-0.15, -0.1) is 0 Å². The Bertz CT molecular complexity index is 408. The maximum absolute atomic E-state index is 5.27. The molecule has 1 aliphatic heterocycles. The van der Waals surface area contributed by atoms with E-state index in [1.807, 2.05) is 24.3 Å². The van der Waals surface area contributed by atoms with Crippen molar-refractivity contribution < 1.29 is 9.47 Å². The molecule has 1 fully saturated rings. The highest BCUT2D eigenvalue weighted by Crippen LogP contribution is 2.31. The molecule has 0 amide bonds. The molecule has 1 atom stereocenters. The van der Waals surface area contributed by atoms with E-state index in [1.54, 1.807) is 0 Å². The smallest absolute Gasteiger partial charge is 0.263 e. The van der Waals surface area contributed by atoms with Gasteiger partial charge in [-0.25, -0.2) is 0 Å². The lowest BCUT2D eigenvalue weighted by molar-refractivity contribution is 0.147. The van der Waals surface area contributed by atoms with E-state index in [9.17, 15) is 0 Å². The maximum atomic E-state index is 5.27. The summed E-state index contributed by atoms with van der Waals surface area (Å²) in [7, 11) is 0. The van der Waals surface area contributed by atoms with Gasteiger partial charge in [-0.1, -0.05) is 30.4 Å². The average Bonchev–Trinajstić information content (AvgIpc) is 2.51. The summed E-state index contributed by atoms with van der Waals surface area (Å²) < 4.78 is 10.5. The first kappa shape index (κ1) is 7.83. The molecule has 0 aromatic heterocycles. The first-order chi connectivity index (χ1) is 6.93. The molecule has 0 spiro atoms. The molecule has 14 heavy (non-hydrogen) atoms. The molecule has 69 valence electrons. The molecular weight excluding hydrogens is 176 g/mol. The second-order valence-corrected chi connectivity index (χ2v) is 3.31. The number of hydrogen-bond donors (Lipinski definition) is 0. The van der Waals surface area contributed by atoms with Crippen molar-refractivity contribution in [2.45, 2.75) is 6.10 Å². The van der Waals surface area contributed by atoms with Crippen molar-refractivity contribution in [3.05, 3.63) is 66.2 Å². The van der Waals surface area contributed by atoms with Crippen molar-refractivity contribution in [2.24, 2.45) is 0 Å². The van der Waals surface area contributed by atoms with Gasteiger partial charge in [0.15, 0.2) is 0 Å². The third kappa shape index (κ3) is 1.16. The fourth-order valence-electron chi connectivity index (χ4n) is 1.69. The summed E-state index contributed by atoms with van der Waals surface area (Å²) in [4.78, 5) is 0. The average molecular weight is 185 g/mol. The van der Waals surface area contributed by atoms with Crippen LogP contribution in [0.4, 0.5) is 0 Å². The standard InChI is InChI=1S/C12H9O2/c1-2-4-9-6-11-12(14-8-13-11)7-10(9)5-3-1/h1-8,11H. The van der Waals surface area contributed by atoms with Crippen LogP contribution in [0.3, 0.4) is 0 Å². The molecule has 1 radical (unpaired) electrons. The fraction of sp³-hybridized carbons (Fsp3) is 0.0833. The summed E-state index contributed by atoms with van der Waals surface area (Å²) in [6.45, 7) is 1.39. The van der Waals surface area contributed by atoms with E-state index >= 15 is 0 Å². The van der Waals surface area contributed by atoms with E-state index in [4.69, 9.17) is 9.47 Å². The highest BCUT2D eigenvalue weighted by atomic mass is 16.7. The molecule has 3 aliphatic rings. The van der Waals surface area contributed by atoms with Crippen molar-refractivity contribution in [3.8, 4) is 0 Å². The van der Waals surface area contributed by atoms with Crippen LogP contribution in [0.25, 0.3) is 0 Å². The number of rotatable bonds is 0. The first-order valence-corrected chi connectivity index (χ1v) is 4.56. The van der Waals surface area contributed by atoms with E-state index < -0.39 is 0 Å². The Morgan fingerprint density at radius 2 is 2.07 bits per heavy atom. The van der Waals surface area contributed by atoms with Gasteiger partial charge in [0, 0.05) is 0 Å². The minimum atomic E-state index is -0.0371. The number of hydrogen-bond acceptors (Lipinski definition) is 2. The summed E-state index contributed by atoms with van der Waals surface area (Å²) in [6, 6.07) is 0. The molecule has 0 saturated carbocycles. The monoisotopic (exact) mass is 185 g/mol. The summed E-state index contributed by atoms with van der Waals surface area (Å²) in [5.74, 6) is 0.865. The Labute approximate surface area is 82.5 Å². The topological polar surface area (TPSA) is 18.5 Å². The van der Waals surface area contributed by atoms with Crippen LogP contribution < -0.4 is 0 Å². The van der Waals surface area contributed by atoms with E-state index in [-0.39, 0.29) is 6.10 Å². The van der Waals surface area contributed by atoms with E-state index in [1.165, 1.54) is 17.9 Å². The predicted molar refractivity (Wildman–Crippen MR) is 52.8 cm³/mol. The molecule has 3 rings (SSSR count). The summed E-state index contributed by atoms with van der Waals surface area (Å²) in [5.41, 5.74) is 2.35. The third-order valence-corrected chi connectivity index (χ3v) is 2.40. The molecule has 0 aromatic carbocycles. The van der Waals surface area contributed by atoms with Crippen molar-refractivity contribution in [2.75, 3.05) is 0 Å². The second-order valence-electron chi connectivity index (χ2n) is 3.31. The van der Waals surface area contributed by atoms with Crippen LogP contribution in [-0.4, -0.2) is 6.10 Å². The largest absolute Gasteiger partial charge is 0.459 e. The number of ether oxygens (including phenoxy) is 2. The normalized spacial score (nSPS) is 28.0. The Morgan fingerprint density at radius 3 is 3.07 bits per heavy atom. The Balaban J connectivity index is 2.07. The minimum absolute atomic E-state index is 0.0371. The van der Waals surface area contributed by atoms with Gasteiger partial charge in [0.25, 0.3) is 6.79 Å². The lowest BCUT2D eigenvalue weighted by atomic mass is 9.97. The molecule has 0 N–H and O–H groups in total. The van der Waals surface area contributed by atoms with Crippen LogP contribution in [-0.2, 0) is 9.47 Å². The van der Waals surface area contributed by atoms with Crippen LogP contribution in [0.5, 0.6) is 0 Å². The van der Waals surface area contributed by atoms with Crippen LogP contribution in [0.1, 0.15) is 0 Å². The van der Waals surface area contributed by atoms with E-state index in [0.717, 1.165) is 5.76 Å². The molecule has 1 saturated heterocycles. The third-order valence-electron chi connectivity index (χ3n) is 2.40. The van der Waals surface area contributed by atoms with Crippen molar-refractivity contribution in [1.82, 2.24) is 0 Å². The zero-order chi connectivity index (χ0) is 9.38. The number of allylic oxidation sites excluding steroid dienone is 8. The highest BCUT2D eigenvalue weighted by Gasteiger charge is 2.26. The Hall–Kier alpha value is -1.54. The highest BCUT2D eigenvalue weighted by molar-refractivity contribution is 5.55. The molecule has 0 bridgehead atoms. The molecule has 2 nitrogen and oxygen atoms in total. The predicted octanol–water partition coefficient (Wildman–Crippen LogP) is 2.40. The molecular formula is C12H9O2. The van der Waals surface area contributed by atoms with Gasteiger partial charge < -0.3 is 9.47 Å². The lowest BCUT2D eigenvalue weighted by Crippen LogP contribution is -2.09.